The molecule has 0 aliphatic carbocycles. The molecule has 0 radical (unpaired) electrons. The molecule has 6 nitrogen and oxygen atoms in total. The van der Waals surface area contributed by atoms with E-state index in [0.717, 1.165) is 26.6 Å². The smallest absolute Gasteiger partial charge is 0.252 e. The summed E-state index contributed by atoms with van der Waals surface area (Å²) in [6.45, 7) is 0.248. The second-order valence-corrected chi connectivity index (χ2v) is 11.8. The highest BCUT2D eigenvalue weighted by Crippen LogP contribution is 2.44. The van der Waals surface area contributed by atoms with Crippen molar-refractivity contribution in [2.45, 2.75) is 31.0 Å². The minimum Gasteiger partial charge on any atom is -0.494 e. The zero-order valence-electron chi connectivity index (χ0n) is 22.9. The lowest BCUT2D eigenvalue weighted by Crippen LogP contribution is -2.49. The molecule has 1 aliphatic heterocycles. The van der Waals surface area contributed by atoms with E-state index in [9.17, 15) is 13.6 Å². The molecule has 10 heteroatoms. The molecular weight excluding hydrogens is 686 g/mol. The maximum absolute atomic E-state index is 14.5. The summed E-state index contributed by atoms with van der Waals surface area (Å²) in [5.74, 6) is -1.03. The van der Waals surface area contributed by atoms with Crippen LogP contribution in [0.1, 0.15) is 34.8 Å². The van der Waals surface area contributed by atoms with E-state index in [2.05, 4.69) is 37.2 Å². The maximum Gasteiger partial charge on any atom is 0.252 e. The lowest BCUT2D eigenvalue weighted by atomic mass is 9.82. The van der Waals surface area contributed by atoms with E-state index in [1.54, 1.807) is 24.3 Å². The molecule has 1 heterocycles. The Morgan fingerprint density at radius 2 is 1.74 bits per heavy atom. The van der Waals surface area contributed by atoms with E-state index in [1.165, 1.54) is 6.07 Å². The third-order valence-electron chi connectivity index (χ3n) is 7.06. The van der Waals surface area contributed by atoms with Crippen LogP contribution >= 0.6 is 31.9 Å². The first kappa shape index (κ1) is 30.8. The van der Waals surface area contributed by atoms with Crippen LogP contribution in [0.4, 0.5) is 8.78 Å². The Balaban J connectivity index is 1.56. The van der Waals surface area contributed by atoms with Crippen LogP contribution in [0.25, 0.3) is 0 Å². The molecule has 2 N–H and O–H groups in total. The number of benzene rings is 4. The molecule has 0 fully saturated rings. The molecule has 2 atom stereocenters. The molecule has 0 saturated carbocycles. The van der Waals surface area contributed by atoms with Gasteiger partial charge in [-0.05, 0) is 54.1 Å². The fourth-order valence-electron chi connectivity index (χ4n) is 4.85. The Morgan fingerprint density at radius 1 is 1.00 bits per heavy atom. The maximum atomic E-state index is 14.5. The van der Waals surface area contributed by atoms with Crippen molar-refractivity contribution in [2.75, 3.05) is 13.2 Å². The normalized spacial score (nSPS) is 17.7. The number of nitrogens with one attached hydrogen (secondary N) is 1. The molecule has 0 aromatic heterocycles. The van der Waals surface area contributed by atoms with Gasteiger partial charge in [-0.1, -0.05) is 68.3 Å². The van der Waals surface area contributed by atoms with Crippen LogP contribution in [0.15, 0.2) is 105 Å². The number of nitrogens with zero attached hydrogens (tertiary/aromatic N) is 1. The summed E-state index contributed by atoms with van der Waals surface area (Å²) < 4.78 is 41.8. The predicted octanol–water partition coefficient (Wildman–Crippen LogP) is 7.07. The standard InChI is InChI=1S/C33H28Br2F2N2O4/c34-24-11-6-21(7-12-24)19-33(32(41)38-20-23-8-13-25(36)18-29(23)37)30(27-4-1-2-5-28(27)35)43-31(39-33)22-9-14-26(15-10-22)42-17-3-16-40/h1-2,4-15,18,30,40H,3,16-17,19-20H2,(H,38,41)/t30-,33-/m1/s1. The van der Waals surface area contributed by atoms with E-state index in [-0.39, 0.29) is 31.0 Å². The predicted molar refractivity (Wildman–Crippen MR) is 167 cm³/mol. The molecular formula is C33H28Br2F2N2O4. The summed E-state index contributed by atoms with van der Waals surface area (Å²) >= 11 is 7.09. The molecule has 0 spiro atoms. The third-order valence-corrected chi connectivity index (χ3v) is 8.31. The minimum absolute atomic E-state index is 0.0372. The van der Waals surface area contributed by atoms with Crippen molar-refractivity contribution in [1.82, 2.24) is 5.32 Å². The highest BCUT2D eigenvalue weighted by molar-refractivity contribution is 9.10. The van der Waals surface area contributed by atoms with Crippen LogP contribution in [-0.2, 0) is 22.5 Å². The number of carbonyl (C=O) groups excluding carboxylic acids is 1. The topological polar surface area (TPSA) is 80.2 Å². The van der Waals surface area contributed by atoms with Crippen molar-refractivity contribution < 1.29 is 28.2 Å². The fraction of sp³-hybridized carbons (Fsp3) is 0.212. The molecule has 4 aromatic rings. The van der Waals surface area contributed by atoms with Gasteiger partial charge in [0.05, 0.1) is 6.61 Å². The third kappa shape index (κ3) is 7.14. The molecule has 1 amide bonds. The van der Waals surface area contributed by atoms with Gasteiger partial charge in [-0.3, -0.25) is 4.79 Å². The van der Waals surface area contributed by atoms with Gasteiger partial charge >= 0.3 is 0 Å². The van der Waals surface area contributed by atoms with Crippen molar-refractivity contribution in [3.63, 3.8) is 0 Å². The van der Waals surface area contributed by atoms with Crippen molar-refractivity contribution in [1.29, 1.82) is 0 Å². The Hall–Kier alpha value is -3.60. The zero-order valence-corrected chi connectivity index (χ0v) is 26.1. The average Bonchev–Trinajstić information content (AvgIpc) is 3.38. The van der Waals surface area contributed by atoms with Crippen molar-refractivity contribution in [3.8, 4) is 5.75 Å². The Labute approximate surface area is 265 Å². The van der Waals surface area contributed by atoms with E-state index in [0.29, 0.717) is 29.9 Å². The van der Waals surface area contributed by atoms with E-state index >= 15 is 0 Å². The number of hydrogen-bond donors (Lipinski definition) is 2. The average molecular weight is 714 g/mol. The highest BCUT2D eigenvalue weighted by atomic mass is 79.9. The van der Waals surface area contributed by atoms with Crippen molar-refractivity contribution >= 4 is 43.7 Å². The van der Waals surface area contributed by atoms with Gasteiger partial charge in [0, 0.05) is 57.7 Å². The van der Waals surface area contributed by atoms with Gasteiger partial charge in [0.15, 0.2) is 11.6 Å². The van der Waals surface area contributed by atoms with Crippen LogP contribution < -0.4 is 10.1 Å². The number of ether oxygens (including phenoxy) is 2. The second kappa shape index (κ2) is 13.8. The van der Waals surface area contributed by atoms with Crippen molar-refractivity contribution in [3.05, 3.63) is 134 Å². The van der Waals surface area contributed by atoms with Crippen molar-refractivity contribution in [2.24, 2.45) is 4.99 Å². The molecule has 4 aromatic carbocycles. The monoisotopic (exact) mass is 712 g/mol. The number of aliphatic hydroxyl groups is 1. The Kier molecular flexibility index (Phi) is 9.90. The lowest BCUT2D eigenvalue weighted by molar-refractivity contribution is -0.129. The molecule has 1 aliphatic rings. The van der Waals surface area contributed by atoms with E-state index in [4.69, 9.17) is 19.6 Å². The molecule has 0 unspecified atom stereocenters. The Bertz CT molecular complexity index is 1620. The number of aliphatic hydroxyl groups excluding tert-OH is 1. The SMILES string of the molecule is O=C(NCc1ccc(F)cc1F)[C@]1(Cc2ccc(Br)cc2)N=C(c2ccc(OCCCO)cc2)O[C@@H]1c1ccccc1Br. The van der Waals surface area contributed by atoms with Gasteiger partial charge < -0.3 is 19.9 Å². The van der Waals surface area contributed by atoms with Gasteiger partial charge in [-0.25, -0.2) is 13.8 Å². The quantitative estimate of drug-likeness (QED) is 0.163. The number of halogens is 4. The summed E-state index contributed by atoms with van der Waals surface area (Å²) in [4.78, 5) is 19.3. The van der Waals surface area contributed by atoms with Crippen LogP contribution in [0.3, 0.4) is 0 Å². The van der Waals surface area contributed by atoms with Gasteiger partial charge in [0.1, 0.15) is 17.4 Å². The van der Waals surface area contributed by atoms with E-state index in [1.807, 2.05) is 48.5 Å². The number of aliphatic imine (C=N–C) groups is 1. The van der Waals surface area contributed by atoms with Gasteiger partial charge in [0.25, 0.3) is 5.91 Å². The lowest BCUT2D eigenvalue weighted by Gasteiger charge is -2.31. The highest BCUT2D eigenvalue weighted by Gasteiger charge is 2.53. The number of rotatable bonds is 11. The van der Waals surface area contributed by atoms with Crippen LogP contribution in [0, 0.1) is 11.6 Å². The molecule has 222 valence electrons. The largest absolute Gasteiger partial charge is 0.494 e. The molecule has 5 rings (SSSR count). The summed E-state index contributed by atoms with van der Waals surface area (Å²) in [6, 6.07) is 25.4. The molecule has 43 heavy (non-hydrogen) atoms. The number of carbonyl (C=O) groups is 1. The van der Waals surface area contributed by atoms with Crippen LogP contribution in [0.2, 0.25) is 0 Å². The summed E-state index contributed by atoms with van der Waals surface area (Å²) in [5, 5.41) is 11.9. The Morgan fingerprint density at radius 3 is 2.44 bits per heavy atom. The number of amides is 1. The van der Waals surface area contributed by atoms with Crippen LogP contribution in [-0.4, -0.2) is 35.7 Å². The molecule has 0 saturated heterocycles. The first-order chi connectivity index (χ1) is 20.8. The fourth-order valence-corrected chi connectivity index (χ4v) is 5.61. The van der Waals surface area contributed by atoms with Crippen LogP contribution in [0.5, 0.6) is 5.75 Å². The minimum atomic E-state index is -1.49. The van der Waals surface area contributed by atoms with Gasteiger partial charge in [-0.2, -0.15) is 0 Å². The zero-order chi connectivity index (χ0) is 30.4. The second-order valence-electron chi connectivity index (χ2n) is 10.0. The summed E-state index contributed by atoms with van der Waals surface area (Å²) in [6.07, 6.45) is -0.156. The van der Waals surface area contributed by atoms with Gasteiger partial charge in [0.2, 0.25) is 5.90 Å². The first-order valence-corrected chi connectivity index (χ1v) is 15.2. The first-order valence-electron chi connectivity index (χ1n) is 13.6. The van der Waals surface area contributed by atoms with Gasteiger partial charge in [-0.15, -0.1) is 0 Å². The number of hydrogen-bond acceptors (Lipinski definition) is 5. The van der Waals surface area contributed by atoms with E-state index < -0.39 is 29.2 Å². The molecule has 0 bridgehead atoms. The summed E-state index contributed by atoms with van der Waals surface area (Å²) in [5.41, 5.74) is 0.849. The summed E-state index contributed by atoms with van der Waals surface area (Å²) in [7, 11) is 0.